The van der Waals surface area contributed by atoms with Gasteiger partial charge in [-0.2, -0.15) is 0 Å². The van der Waals surface area contributed by atoms with Gasteiger partial charge in [0.05, 0.1) is 0 Å². The number of carbonyl (C=O) groups is 1. The average Bonchev–Trinajstić information content (AvgIpc) is 2.15. The Bertz CT molecular complexity index is 346. The Morgan fingerprint density at radius 3 is 2.85 bits per heavy atom. The molecule has 2 heteroatoms. The molecule has 0 aromatic heterocycles. The standard InChI is InChI=1S/C11H13NO/c1-8-7-9-5-3-4-6-10(9)12(2)11(8)13/h3-6,8H,7H2,1-2H3/t8-/m1/s1. The van der Waals surface area contributed by atoms with Crippen molar-refractivity contribution in [2.24, 2.45) is 5.92 Å². The summed E-state index contributed by atoms with van der Waals surface area (Å²) in [7, 11) is 1.84. The summed E-state index contributed by atoms with van der Waals surface area (Å²) in [6, 6.07) is 8.08. The maximum atomic E-state index is 11.6. The van der Waals surface area contributed by atoms with Crippen molar-refractivity contribution in [2.75, 3.05) is 11.9 Å². The third kappa shape index (κ3) is 1.22. The highest BCUT2D eigenvalue weighted by molar-refractivity contribution is 5.97. The topological polar surface area (TPSA) is 20.3 Å². The lowest BCUT2D eigenvalue weighted by atomic mass is 9.94. The van der Waals surface area contributed by atoms with E-state index in [1.165, 1.54) is 5.56 Å². The largest absolute Gasteiger partial charge is 0.315 e. The average molecular weight is 175 g/mol. The first-order chi connectivity index (χ1) is 6.20. The molecular weight excluding hydrogens is 162 g/mol. The lowest BCUT2D eigenvalue weighted by molar-refractivity contribution is -0.121. The van der Waals surface area contributed by atoms with Crippen LogP contribution in [0.3, 0.4) is 0 Å². The van der Waals surface area contributed by atoms with E-state index in [0.29, 0.717) is 0 Å². The monoisotopic (exact) mass is 175 g/mol. The summed E-state index contributed by atoms with van der Waals surface area (Å²) in [5.41, 5.74) is 2.34. The van der Waals surface area contributed by atoms with E-state index < -0.39 is 0 Å². The third-order valence-electron chi connectivity index (χ3n) is 2.63. The van der Waals surface area contributed by atoms with Crippen LogP contribution in [-0.2, 0) is 11.2 Å². The number of nitrogens with zero attached hydrogens (tertiary/aromatic N) is 1. The Kier molecular flexibility index (Phi) is 1.83. The van der Waals surface area contributed by atoms with Gasteiger partial charge in [0, 0.05) is 18.7 Å². The van der Waals surface area contributed by atoms with Crippen LogP contribution in [0, 0.1) is 5.92 Å². The van der Waals surface area contributed by atoms with E-state index in [0.717, 1.165) is 12.1 Å². The van der Waals surface area contributed by atoms with Gasteiger partial charge < -0.3 is 4.90 Å². The predicted molar refractivity (Wildman–Crippen MR) is 52.7 cm³/mol. The first kappa shape index (κ1) is 8.30. The highest BCUT2D eigenvalue weighted by atomic mass is 16.2. The summed E-state index contributed by atoms with van der Waals surface area (Å²) in [6.07, 6.45) is 0.874. The zero-order chi connectivity index (χ0) is 9.42. The van der Waals surface area contributed by atoms with Gasteiger partial charge in [-0.15, -0.1) is 0 Å². The van der Waals surface area contributed by atoms with Crippen molar-refractivity contribution in [2.45, 2.75) is 13.3 Å². The lowest BCUT2D eigenvalue weighted by Gasteiger charge is -2.29. The van der Waals surface area contributed by atoms with Gasteiger partial charge >= 0.3 is 0 Å². The van der Waals surface area contributed by atoms with Crippen LogP contribution in [0.25, 0.3) is 0 Å². The van der Waals surface area contributed by atoms with Crippen LogP contribution in [0.15, 0.2) is 24.3 Å². The number of hydrogen-bond donors (Lipinski definition) is 0. The number of fused-ring (bicyclic) bond motifs is 1. The lowest BCUT2D eigenvalue weighted by Crippen LogP contribution is -2.37. The molecule has 0 radical (unpaired) electrons. The Labute approximate surface area is 78.2 Å². The highest BCUT2D eigenvalue weighted by Crippen LogP contribution is 2.28. The second-order valence-corrected chi connectivity index (χ2v) is 3.63. The number of rotatable bonds is 0. The summed E-state index contributed by atoms with van der Waals surface area (Å²) >= 11 is 0. The van der Waals surface area contributed by atoms with Crippen LogP contribution >= 0.6 is 0 Å². The number of anilines is 1. The molecule has 0 N–H and O–H groups in total. The summed E-state index contributed by atoms with van der Waals surface area (Å²) in [5, 5.41) is 0. The molecule has 1 aromatic carbocycles. The molecule has 1 aliphatic rings. The van der Waals surface area contributed by atoms with Crippen molar-refractivity contribution in [1.29, 1.82) is 0 Å². The van der Waals surface area contributed by atoms with Crippen LogP contribution in [0.2, 0.25) is 0 Å². The van der Waals surface area contributed by atoms with Crippen molar-refractivity contribution in [3.05, 3.63) is 29.8 Å². The van der Waals surface area contributed by atoms with Gasteiger partial charge in [-0.3, -0.25) is 4.79 Å². The summed E-state index contributed by atoms with van der Waals surface area (Å²) < 4.78 is 0. The molecule has 1 aromatic rings. The van der Waals surface area contributed by atoms with Crippen LogP contribution in [0.1, 0.15) is 12.5 Å². The first-order valence-corrected chi connectivity index (χ1v) is 4.55. The van der Waals surface area contributed by atoms with Crippen LogP contribution in [-0.4, -0.2) is 13.0 Å². The molecule has 0 fully saturated rings. The maximum absolute atomic E-state index is 11.6. The van der Waals surface area contributed by atoms with E-state index in [1.54, 1.807) is 4.90 Å². The van der Waals surface area contributed by atoms with Crippen LogP contribution in [0.4, 0.5) is 5.69 Å². The molecule has 1 atom stereocenters. The van der Waals surface area contributed by atoms with E-state index in [-0.39, 0.29) is 11.8 Å². The normalized spacial score (nSPS) is 21.5. The van der Waals surface area contributed by atoms with E-state index in [1.807, 2.05) is 32.2 Å². The molecule has 1 heterocycles. The molecule has 2 nitrogen and oxygen atoms in total. The van der Waals surface area contributed by atoms with E-state index >= 15 is 0 Å². The van der Waals surface area contributed by atoms with Gasteiger partial charge in [0.1, 0.15) is 0 Å². The van der Waals surface area contributed by atoms with E-state index in [2.05, 4.69) is 6.07 Å². The Balaban J connectivity index is 2.49. The van der Waals surface area contributed by atoms with Gasteiger partial charge in [-0.05, 0) is 18.1 Å². The van der Waals surface area contributed by atoms with Crippen molar-refractivity contribution < 1.29 is 4.79 Å². The molecule has 0 saturated carbocycles. The number of para-hydroxylation sites is 1. The third-order valence-corrected chi connectivity index (χ3v) is 2.63. The molecule has 13 heavy (non-hydrogen) atoms. The van der Waals surface area contributed by atoms with Gasteiger partial charge in [0.15, 0.2) is 0 Å². The SMILES string of the molecule is C[C@@H]1Cc2ccccc2N(C)C1=O. The van der Waals surface area contributed by atoms with Gasteiger partial charge in [-0.1, -0.05) is 25.1 Å². The maximum Gasteiger partial charge on any atom is 0.229 e. The van der Waals surface area contributed by atoms with E-state index in [4.69, 9.17) is 0 Å². The molecule has 68 valence electrons. The first-order valence-electron chi connectivity index (χ1n) is 4.55. The molecular formula is C11H13NO. The molecule has 2 rings (SSSR count). The minimum absolute atomic E-state index is 0.125. The van der Waals surface area contributed by atoms with Crippen LogP contribution in [0.5, 0.6) is 0 Å². The molecule has 0 saturated heterocycles. The zero-order valence-corrected chi connectivity index (χ0v) is 7.95. The fraction of sp³-hybridized carbons (Fsp3) is 0.364. The number of benzene rings is 1. The van der Waals surface area contributed by atoms with Crippen molar-refractivity contribution >= 4 is 11.6 Å². The summed E-state index contributed by atoms with van der Waals surface area (Å²) in [5.74, 6) is 0.346. The van der Waals surface area contributed by atoms with Gasteiger partial charge in [0.25, 0.3) is 0 Å². The number of amides is 1. The van der Waals surface area contributed by atoms with Crippen molar-refractivity contribution in [1.82, 2.24) is 0 Å². The Morgan fingerprint density at radius 2 is 2.08 bits per heavy atom. The fourth-order valence-electron chi connectivity index (χ4n) is 1.88. The Hall–Kier alpha value is -1.31. The molecule has 0 spiro atoms. The Morgan fingerprint density at radius 1 is 1.38 bits per heavy atom. The zero-order valence-electron chi connectivity index (χ0n) is 7.95. The number of hydrogen-bond acceptors (Lipinski definition) is 1. The molecule has 0 unspecified atom stereocenters. The molecule has 0 bridgehead atoms. The fourth-order valence-corrected chi connectivity index (χ4v) is 1.88. The van der Waals surface area contributed by atoms with E-state index in [9.17, 15) is 4.79 Å². The molecule has 1 aliphatic heterocycles. The second-order valence-electron chi connectivity index (χ2n) is 3.63. The summed E-state index contributed by atoms with van der Waals surface area (Å²) in [6.45, 7) is 1.98. The summed E-state index contributed by atoms with van der Waals surface area (Å²) in [4.78, 5) is 13.4. The quantitative estimate of drug-likeness (QED) is 0.589. The van der Waals surface area contributed by atoms with Crippen LogP contribution < -0.4 is 4.90 Å². The molecule has 1 amide bonds. The smallest absolute Gasteiger partial charge is 0.229 e. The minimum atomic E-state index is 0.125. The highest BCUT2D eigenvalue weighted by Gasteiger charge is 2.26. The second kappa shape index (κ2) is 2.87. The van der Waals surface area contributed by atoms with Crippen molar-refractivity contribution in [3.8, 4) is 0 Å². The predicted octanol–water partition coefficient (Wildman–Crippen LogP) is 1.84. The van der Waals surface area contributed by atoms with Crippen molar-refractivity contribution in [3.63, 3.8) is 0 Å². The van der Waals surface area contributed by atoms with Gasteiger partial charge in [0.2, 0.25) is 5.91 Å². The minimum Gasteiger partial charge on any atom is -0.315 e. The number of carbonyl (C=O) groups excluding carboxylic acids is 1. The molecule has 0 aliphatic carbocycles. The van der Waals surface area contributed by atoms with Gasteiger partial charge in [-0.25, -0.2) is 0 Å².